The molecule has 2 aromatic heterocycles. The number of rotatable bonds is 16. The minimum absolute atomic E-state index is 0.0576. The first-order chi connectivity index (χ1) is 36.9. The fourth-order valence-corrected chi connectivity index (χ4v) is 8.37. The molecule has 0 bridgehead atoms. The summed E-state index contributed by atoms with van der Waals surface area (Å²) in [5.41, 5.74) is 9.25. The van der Waals surface area contributed by atoms with E-state index in [1.165, 1.54) is 84.9 Å². The van der Waals surface area contributed by atoms with Crippen LogP contribution in [0.25, 0.3) is 11.4 Å². The molecule has 29 nitrogen and oxygen atoms in total. The summed E-state index contributed by atoms with van der Waals surface area (Å²) in [5.74, 6) is -8.17. The Balaban J connectivity index is 0.905. The molecule has 2 heterocycles. The lowest BCUT2D eigenvalue weighted by atomic mass is 10.2. The highest BCUT2D eigenvalue weighted by molar-refractivity contribution is 7.86. The number of urea groups is 1. The number of carboxylic acids is 2. The molecular weight excluding hydrogens is 1060 g/mol. The fraction of sp³-hybridized carbons (Fsp3) is 0. The topological polar surface area (TPSA) is 472 Å². The van der Waals surface area contributed by atoms with Gasteiger partial charge in [-0.3, -0.25) is 9.59 Å². The number of nitrogen functional groups attached to an aromatic ring is 2. The first-order valence-electron chi connectivity index (χ1n) is 21.7. The first kappa shape index (κ1) is 53.4. The smallest absolute Gasteiger partial charge is 0.323 e. The minimum atomic E-state index is -5.36. The summed E-state index contributed by atoms with van der Waals surface area (Å²) < 4.78 is 75.8. The maximum Gasteiger partial charge on any atom is 0.323 e. The number of aromatic nitrogens is 4. The molecule has 0 aliphatic carbocycles. The molecule has 10 N–H and O–H groups in total. The van der Waals surface area contributed by atoms with Gasteiger partial charge in [-0.25, -0.2) is 21.6 Å². The van der Waals surface area contributed by atoms with E-state index in [2.05, 4.69) is 51.9 Å². The number of hydrogen-bond acceptors (Lipinski definition) is 23. The summed E-state index contributed by atoms with van der Waals surface area (Å²) in [6.45, 7) is 0. The van der Waals surface area contributed by atoms with Crippen molar-refractivity contribution in [3.63, 3.8) is 0 Å². The number of azo groups is 2. The lowest BCUT2D eigenvalue weighted by molar-refractivity contribution is -0.256. The third-order valence-corrected chi connectivity index (χ3v) is 12.4. The highest BCUT2D eigenvalue weighted by atomic mass is 32.2. The molecule has 0 atom stereocenters. The Bertz CT molecular complexity index is 3790. The van der Waals surface area contributed by atoms with Crippen molar-refractivity contribution in [1.29, 1.82) is 0 Å². The summed E-state index contributed by atoms with van der Waals surface area (Å²) in [6, 6.07) is 26.3. The van der Waals surface area contributed by atoms with Gasteiger partial charge in [0.05, 0.1) is 55.9 Å². The molecule has 0 spiro atoms. The number of nitrogens with two attached hydrogens (primary N) is 2. The highest BCUT2D eigenvalue weighted by Crippen LogP contribution is 2.34. The predicted molar refractivity (Wildman–Crippen MR) is 267 cm³/mol. The molecule has 4 amide bonds. The van der Waals surface area contributed by atoms with Gasteiger partial charge >= 0.3 is 6.03 Å². The fourth-order valence-electron chi connectivity index (χ4n) is 7.05. The number of carbonyl (C=O) groups excluding carboxylic acids is 5. The number of nitrogens with one attached hydrogen (secondary N) is 4. The zero-order chi connectivity index (χ0) is 56.2. The third kappa shape index (κ3) is 12.0. The number of hydrogen-bond donors (Lipinski definition) is 8. The van der Waals surface area contributed by atoms with E-state index in [0.717, 1.165) is 33.6 Å². The Kier molecular flexibility index (Phi) is 14.7. The van der Waals surface area contributed by atoms with Crippen LogP contribution in [0.1, 0.15) is 41.4 Å². The van der Waals surface area contributed by atoms with E-state index in [-0.39, 0.29) is 56.6 Å². The molecule has 0 fully saturated rings. The predicted octanol–water partition coefficient (Wildman–Crippen LogP) is 4.15. The van der Waals surface area contributed by atoms with Gasteiger partial charge < -0.3 is 71.9 Å². The summed E-state index contributed by atoms with van der Waals surface area (Å²) >= 11 is 0. The van der Waals surface area contributed by atoms with Crippen molar-refractivity contribution in [3.05, 3.63) is 156 Å². The second-order valence-corrected chi connectivity index (χ2v) is 18.6. The number of nitrogens with zero attached hydrogens (tertiary/aromatic N) is 8. The van der Waals surface area contributed by atoms with Crippen LogP contribution in [0.4, 0.5) is 61.9 Å². The lowest BCUT2D eigenvalue weighted by Crippen LogP contribution is -2.22. The number of benzene rings is 6. The monoisotopic (exact) mass is 1100 g/mol. The molecule has 6 aromatic carbocycles. The number of amides is 4. The second kappa shape index (κ2) is 21.5. The van der Waals surface area contributed by atoms with Gasteiger partial charge in [0, 0.05) is 33.9 Å². The van der Waals surface area contributed by atoms with Crippen molar-refractivity contribution in [2.45, 2.75) is 9.79 Å². The van der Waals surface area contributed by atoms with Gasteiger partial charge in [-0.1, -0.05) is 12.1 Å². The molecular formula is C47H32N14O15S2-4. The number of aromatic hydroxyl groups is 2. The lowest BCUT2D eigenvalue weighted by Gasteiger charge is -2.17. The van der Waals surface area contributed by atoms with Crippen molar-refractivity contribution in [1.82, 2.24) is 19.6 Å². The van der Waals surface area contributed by atoms with Gasteiger partial charge in [0.25, 0.3) is 11.8 Å². The molecule has 0 aliphatic heterocycles. The summed E-state index contributed by atoms with van der Waals surface area (Å²) in [5, 5.41) is 77.0. The van der Waals surface area contributed by atoms with Gasteiger partial charge in [0.2, 0.25) is 23.4 Å². The molecule has 396 valence electrons. The Hall–Kier alpha value is -10.9. The number of aromatic carboxylic acids is 2. The van der Waals surface area contributed by atoms with E-state index in [0.29, 0.717) is 12.1 Å². The van der Waals surface area contributed by atoms with Crippen LogP contribution in [-0.2, 0) is 20.2 Å². The van der Waals surface area contributed by atoms with E-state index in [1.807, 2.05) is 0 Å². The maximum absolute atomic E-state index is 13.2. The Morgan fingerprint density at radius 1 is 0.500 bits per heavy atom. The van der Waals surface area contributed by atoms with Gasteiger partial charge in [0.15, 0.2) is 0 Å². The van der Waals surface area contributed by atoms with Gasteiger partial charge in [0.1, 0.15) is 31.4 Å². The van der Waals surface area contributed by atoms with E-state index in [1.54, 1.807) is 12.1 Å². The van der Waals surface area contributed by atoms with Crippen LogP contribution < -0.4 is 42.9 Å². The van der Waals surface area contributed by atoms with Crippen molar-refractivity contribution in [3.8, 4) is 23.1 Å². The SMILES string of the molecule is Nc1cccc(-n2nc(N=Nc3ccc(C(=O)Nc4ccc(NC(=O)Nc5ccc(NC(=O)c6ccc(N=Nc7nn(-c8cccc(N)c8)c(O)c7C(=O)[O-])cc6)c(S(=O)(=O)[O-])c5)cc4S(=O)(=O)[O-])cc3)c(C(=O)[O-])c2O)c1. The van der Waals surface area contributed by atoms with Crippen molar-refractivity contribution in [2.75, 3.05) is 32.7 Å². The third-order valence-electron chi connectivity index (χ3n) is 10.6. The van der Waals surface area contributed by atoms with Gasteiger partial charge in [-0.15, -0.1) is 30.7 Å². The van der Waals surface area contributed by atoms with Crippen LogP contribution in [0.2, 0.25) is 0 Å². The van der Waals surface area contributed by atoms with Crippen LogP contribution in [0.15, 0.2) is 164 Å². The molecule has 8 rings (SSSR count). The van der Waals surface area contributed by atoms with E-state index >= 15 is 0 Å². The maximum atomic E-state index is 13.2. The first-order valence-corrected chi connectivity index (χ1v) is 24.5. The van der Waals surface area contributed by atoms with Gasteiger partial charge in [-0.2, -0.15) is 9.36 Å². The standard InChI is InChI=1S/C47H36N14O15S2/c48-25-3-1-5-31(19-25)60-43(64)37(45(66)67)39(58-60)56-54-27-11-7-23(8-12-27)41(62)52-33-17-15-29(21-35(33)77(71,72)73)50-47(70)51-30-16-18-34(36(22-30)78(74,75)76)53-42(63)24-9-13-28(14-10-24)55-57-40-38(46(68)69)44(65)61(59-40)32-6-2-4-26(49)20-32/h1-22,64-65H,48-49H2,(H,52,62)(H,53,63)(H,66,67)(H,68,69)(H2,50,51,70)(H,71,72,73)(H,74,75,76)/p-4. The average Bonchev–Trinajstić information content (AvgIpc) is 3.93. The van der Waals surface area contributed by atoms with E-state index in [4.69, 9.17) is 11.5 Å². The number of carboxylic acid groups (broad SMARTS) is 2. The van der Waals surface area contributed by atoms with Crippen LogP contribution in [-0.4, -0.2) is 85.5 Å². The molecule has 78 heavy (non-hydrogen) atoms. The Morgan fingerprint density at radius 2 is 0.872 bits per heavy atom. The van der Waals surface area contributed by atoms with Crippen LogP contribution in [0.3, 0.4) is 0 Å². The second-order valence-electron chi connectivity index (χ2n) is 15.9. The van der Waals surface area contributed by atoms with Crippen LogP contribution in [0.5, 0.6) is 11.8 Å². The largest absolute Gasteiger partial charge is 0.744 e. The van der Waals surface area contributed by atoms with Crippen molar-refractivity contribution < 1.29 is 70.3 Å². The summed E-state index contributed by atoms with van der Waals surface area (Å²) in [6.07, 6.45) is 0. The van der Waals surface area contributed by atoms with Crippen molar-refractivity contribution >= 4 is 107 Å². The molecule has 0 saturated carbocycles. The van der Waals surface area contributed by atoms with Crippen molar-refractivity contribution in [2.24, 2.45) is 20.5 Å². The quantitative estimate of drug-likeness (QED) is 0.0383. The zero-order valence-corrected chi connectivity index (χ0v) is 40.6. The van der Waals surface area contributed by atoms with Crippen LogP contribution in [0, 0.1) is 0 Å². The molecule has 0 unspecified atom stereocenters. The molecule has 0 radical (unpaired) electrons. The molecule has 31 heteroatoms. The highest BCUT2D eigenvalue weighted by Gasteiger charge is 2.23. The van der Waals surface area contributed by atoms with E-state index < -0.39 is 106 Å². The summed E-state index contributed by atoms with van der Waals surface area (Å²) in [7, 11) is -10.7. The summed E-state index contributed by atoms with van der Waals surface area (Å²) in [4.78, 5) is 61.0. The number of carbonyl (C=O) groups is 5. The normalized spacial score (nSPS) is 11.6. The minimum Gasteiger partial charge on any atom is -0.744 e. The average molecular weight is 1100 g/mol. The molecule has 0 saturated heterocycles. The van der Waals surface area contributed by atoms with E-state index in [9.17, 15) is 70.3 Å². The Morgan fingerprint density at radius 3 is 1.21 bits per heavy atom. The van der Waals surface area contributed by atoms with Gasteiger partial charge in [-0.05, 0) is 121 Å². The Labute approximate surface area is 437 Å². The number of anilines is 6. The molecule has 0 aliphatic rings. The van der Waals surface area contributed by atoms with Crippen LogP contribution >= 0.6 is 0 Å². The zero-order valence-electron chi connectivity index (χ0n) is 39.0. The molecule has 8 aromatic rings.